The molecule has 2 unspecified atom stereocenters. The first-order valence-electron chi connectivity index (χ1n) is 7.30. The van der Waals surface area contributed by atoms with Crippen LogP contribution in [0.3, 0.4) is 0 Å². The Morgan fingerprint density at radius 2 is 1.95 bits per heavy atom. The summed E-state index contributed by atoms with van der Waals surface area (Å²) >= 11 is 0. The van der Waals surface area contributed by atoms with E-state index in [0.29, 0.717) is 13.0 Å². The van der Waals surface area contributed by atoms with E-state index in [1.807, 2.05) is 44.2 Å². The highest BCUT2D eigenvalue weighted by Gasteiger charge is 2.32. The van der Waals surface area contributed by atoms with Crippen molar-refractivity contribution in [2.45, 2.75) is 26.3 Å². The van der Waals surface area contributed by atoms with E-state index in [1.54, 1.807) is 4.90 Å². The third-order valence-electron chi connectivity index (χ3n) is 3.94. The van der Waals surface area contributed by atoms with Crippen molar-refractivity contribution in [1.29, 1.82) is 0 Å². The summed E-state index contributed by atoms with van der Waals surface area (Å²) in [5.74, 6) is -1.08. The molecule has 0 bridgehead atoms. The van der Waals surface area contributed by atoms with Crippen LogP contribution in [-0.2, 0) is 4.79 Å². The van der Waals surface area contributed by atoms with Gasteiger partial charge in [-0.05, 0) is 24.8 Å². The normalized spacial score (nSPS) is 23.4. The van der Waals surface area contributed by atoms with Crippen molar-refractivity contribution < 1.29 is 14.7 Å². The molecule has 2 rings (SSSR count). The molecule has 5 heteroatoms. The predicted molar refractivity (Wildman–Crippen MR) is 79.9 cm³/mol. The van der Waals surface area contributed by atoms with Crippen molar-refractivity contribution in [2.75, 3.05) is 13.1 Å². The monoisotopic (exact) mass is 290 g/mol. The van der Waals surface area contributed by atoms with Crippen molar-refractivity contribution in [2.24, 2.45) is 11.8 Å². The average Bonchev–Trinajstić information content (AvgIpc) is 2.47. The van der Waals surface area contributed by atoms with Crippen molar-refractivity contribution in [3.05, 3.63) is 35.9 Å². The molecule has 0 aromatic heterocycles. The van der Waals surface area contributed by atoms with Crippen LogP contribution in [0.1, 0.15) is 31.9 Å². The number of hydrogen-bond acceptors (Lipinski definition) is 2. The quantitative estimate of drug-likeness (QED) is 0.898. The lowest BCUT2D eigenvalue weighted by Crippen LogP contribution is -2.49. The van der Waals surface area contributed by atoms with Crippen LogP contribution in [0.25, 0.3) is 0 Å². The molecule has 1 aliphatic heterocycles. The Morgan fingerprint density at radius 1 is 1.29 bits per heavy atom. The highest BCUT2D eigenvalue weighted by atomic mass is 16.4. The highest BCUT2D eigenvalue weighted by molar-refractivity contribution is 5.77. The van der Waals surface area contributed by atoms with Crippen LogP contribution in [0.4, 0.5) is 4.79 Å². The van der Waals surface area contributed by atoms with Gasteiger partial charge in [-0.25, -0.2) is 4.79 Å². The summed E-state index contributed by atoms with van der Waals surface area (Å²) in [7, 11) is 0. The lowest BCUT2D eigenvalue weighted by Gasteiger charge is -2.35. The van der Waals surface area contributed by atoms with Crippen LogP contribution >= 0.6 is 0 Å². The van der Waals surface area contributed by atoms with Crippen LogP contribution < -0.4 is 5.32 Å². The second kappa shape index (κ2) is 6.61. The number of rotatable bonds is 3. The molecule has 1 aromatic carbocycles. The number of benzene rings is 1. The minimum absolute atomic E-state index is 0.0980. The molecule has 1 saturated heterocycles. The molecular weight excluding hydrogens is 268 g/mol. The number of carboxylic acids is 1. The van der Waals surface area contributed by atoms with Gasteiger partial charge < -0.3 is 15.3 Å². The smallest absolute Gasteiger partial charge is 0.317 e. The fourth-order valence-electron chi connectivity index (χ4n) is 2.80. The molecule has 1 aliphatic rings. The lowest BCUT2D eigenvalue weighted by atomic mass is 9.91. The van der Waals surface area contributed by atoms with Gasteiger partial charge in [0.2, 0.25) is 0 Å². The summed E-state index contributed by atoms with van der Waals surface area (Å²) in [5, 5.41) is 12.1. The van der Waals surface area contributed by atoms with Crippen LogP contribution in [0.5, 0.6) is 0 Å². The van der Waals surface area contributed by atoms with Gasteiger partial charge in [-0.3, -0.25) is 4.79 Å². The maximum absolute atomic E-state index is 12.3. The minimum Gasteiger partial charge on any atom is -0.481 e. The second-order valence-corrected chi connectivity index (χ2v) is 5.86. The molecule has 1 fully saturated rings. The van der Waals surface area contributed by atoms with Gasteiger partial charge in [-0.1, -0.05) is 37.3 Å². The summed E-state index contributed by atoms with van der Waals surface area (Å²) in [5.41, 5.74) is 1.03. The Balaban J connectivity index is 1.98. The van der Waals surface area contributed by atoms with Gasteiger partial charge in [-0.2, -0.15) is 0 Å². The Kier molecular flexibility index (Phi) is 4.83. The fraction of sp³-hybridized carbons (Fsp3) is 0.500. The highest BCUT2D eigenvalue weighted by Crippen LogP contribution is 2.22. The molecule has 2 N–H and O–H groups in total. The molecule has 1 aromatic rings. The number of aliphatic carboxylic acids is 1. The van der Waals surface area contributed by atoms with Crippen LogP contribution in [-0.4, -0.2) is 35.1 Å². The molecule has 1 heterocycles. The first kappa shape index (κ1) is 15.4. The van der Waals surface area contributed by atoms with E-state index < -0.39 is 11.9 Å². The number of carbonyl (C=O) groups is 2. The van der Waals surface area contributed by atoms with Gasteiger partial charge in [0, 0.05) is 13.1 Å². The summed E-state index contributed by atoms with van der Waals surface area (Å²) in [6.45, 7) is 4.80. The van der Waals surface area contributed by atoms with E-state index in [0.717, 1.165) is 5.56 Å². The zero-order valence-electron chi connectivity index (χ0n) is 12.5. The molecule has 21 heavy (non-hydrogen) atoms. The average molecular weight is 290 g/mol. The number of carboxylic acid groups (broad SMARTS) is 1. The van der Waals surface area contributed by atoms with Crippen molar-refractivity contribution in [3.8, 4) is 0 Å². The van der Waals surface area contributed by atoms with E-state index in [-0.39, 0.29) is 24.5 Å². The summed E-state index contributed by atoms with van der Waals surface area (Å²) in [6, 6.07) is 9.43. The number of amides is 2. The Labute approximate surface area is 125 Å². The number of carbonyl (C=O) groups excluding carboxylic acids is 1. The molecule has 0 spiro atoms. The zero-order chi connectivity index (χ0) is 15.4. The SMILES string of the molecule is CC1CC(C(=O)O)CN(C(=O)N[C@H](C)c2ccccc2)C1. The third kappa shape index (κ3) is 3.97. The fourth-order valence-corrected chi connectivity index (χ4v) is 2.80. The summed E-state index contributed by atoms with van der Waals surface area (Å²) in [4.78, 5) is 25.1. The molecule has 0 radical (unpaired) electrons. The van der Waals surface area contributed by atoms with E-state index in [9.17, 15) is 9.59 Å². The topological polar surface area (TPSA) is 69.6 Å². The lowest BCUT2D eigenvalue weighted by molar-refractivity contribution is -0.143. The van der Waals surface area contributed by atoms with E-state index in [4.69, 9.17) is 5.11 Å². The van der Waals surface area contributed by atoms with Gasteiger partial charge in [0.1, 0.15) is 0 Å². The second-order valence-electron chi connectivity index (χ2n) is 5.86. The standard InChI is InChI=1S/C16H22N2O3/c1-11-8-14(15(19)20)10-18(9-11)16(21)17-12(2)13-6-4-3-5-7-13/h3-7,11-12,14H,8-10H2,1-2H3,(H,17,21)(H,19,20)/t11?,12-,14?/m1/s1. The van der Waals surface area contributed by atoms with E-state index >= 15 is 0 Å². The van der Waals surface area contributed by atoms with Gasteiger partial charge in [0.25, 0.3) is 0 Å². The number of nitrogens with zero attached hydrogens (tertiary/aromatic N) is 1. The predicted octanol–water partition coefficient (Wildman–Crippen LogP) is 2.50. The maximum Gasteiger partial charge on any atom is 0.317 e. The number of hydrogen-bond donors (Lipinski definition) is 2. The number of urea groups is 1. The number of likely N-dealkylation sites (tertiary alicyclic amines) is 1. The third-order valence-corrected chi connectivity index (χ3v) is 3.94. The van der Waals surface area contributed by atoms with Gasteiger partial charge in [0.05, 0.1) is 12.0 Å². The van der Waals surface area contributed by atoms with Crippen molar-refractivity contribution in [1.82, 2.24) is 10.2 Å². The van der Waals surface area contributed by atoms with E-state index in [1.165, 1.54) is 0 Å². The minimum atomic E-state index is -0.824. The first-order chi connectivity index (χ1) is 9.97. The maximum atomic E-state index is 12.3. The molecule has 3 atom stereocenters. The van der Waals surface area contributed by atoms with Crippen LogP contribution in [0, 0.1) is 11.8 Å². The van der Waals surface area contributed by atoms with Crippen molar-refractivity contribution >= 4 is 12.0 Å². The Bertz CT molecular complexity index is 504. The summed E-state index contributed by atoms with van der Waals surface area (Å²) in [6.07, 6.45) is 0.632. The molecule has 114 valence electrons. The van der Waals surface area contributed by atoms with Gasteiger partial charge >= 0.3 is 12.0 Å². The molecule has 0 aliphatic carbocycles. The van der Waals surface area contributed by atoms with Crippen molar-refractivity contribution in [3.63, 3.8) is 0 Å². The zero-order valence-corrected chi connectivity index (χ0v) is 12.5. The number of piperidine rings is 1. The molecule has 5 nitrogen and oxygen atoms in total. The number of nitrogens with one attached hydrogen (secondary N) is 1. The first-order valence-corrected chi connectivity index (χ1v) is 7.30. The summed E-state index contributed by atoms with van der Waals surface area (Å²) < 4.78 is 0. The Hall–Kier alpha value is -2.04. The van der Waals surface area contributed by atoms with Crippen LogP contribution in [0.15, 0.2) is 30.3 Å². The largest absolute Gasteiger partial charge is 0.481 e. The van der Waals surface area contributed by atoms with E-state index in [2.05, 4.69) is 5.32 Å². The van der Waals surface area contributed by atoms with Gasteiger partial charge in [-0.15, -0.1) is 0 Å². The molecular formula is C16H22N2O3. The van der Waals surface area contributed by atoms with Gasteiger partial charge in [0.15, 0.2) is 0 Å². The molecule has 0 saturated carbocycles. The molecule has 2 amide bonds. The van der Waals surface area contributed by atoms with Crippen LogP contribution in [0.2, 0.25) is 0 Å². The Morgan fingerprint density at radius 3 is 2.57 bits per heavy atom.